The van der Waals surface area contributed by atoms with E-state index in [0.717, 1.165) is 5.52 Å². The molecule has 2 aromatic heterocycles. The molecule has 1 atom stereocenters. The van der Waals surface area contributed by atoms with Gasteiger partial charge in [-0.05, 0) is 42.8 Å². The smallest absolute Gasteiger partial charge is 0.330 e. The largest absolute Gasteiger partial charge is 0.336 e. The van der Waals surface area contributed by atoms with Crippen LogP contribution in [0.4, 0.5) is 5.69 Å². The van der Waals surface area contributed by atoms with Crippen LogP contribution in [0.15, 0.2) is 47.4 Å². The van der Waals surface area contributed by atoms with Crippen LogP contribution in [0.25, 0.3) is 11.2 Å². The maximum Gasteiger partial charge on any atom is 0.330 e. The van der Waals surface area contributed by atoms with Crippen molar-refractivity contribution in [1.82, 2.24) is 19.0 Å². The molecular formula is C20H21N5O3. The number of carbonyl (C=O) groups is 2. The number of anilines is 1. The molecule has 1 aromatic carbocycles. The van der Waals surface area contributed by atoms with Crippen molar-refractivity contribution >= 4 is 28.7 Å². The Morgan fingerprint density at radius 3 is 2.64 bits per heavy atom. The Labute approximate surface area is 161 Å². The second-order valence-electron chi connectivity index (χ2n) is 7.01. The van der Waals surface area contributed by atoms with Crippen molar-refractivity contribution in [2.75, 3.05) is 18.4 Å². The maximum atomic E-state index is 12.8. The second kappa shape index (κ2) is 6.95. The second-order valence-corrected chi connectivity index (χ2v) is 7.01. The Kier molecular flexibility index (Phi) is 4.46. The molecule has 0 radical (unpaired) electrons. The molecule has 144 valence electrons. The molecule has 0 saturated carbocycles. The summed E-state index contributed by atoms with van der Waals surface area (Å²) in [5.41, 5.74) is 2.52. The Morgan fingerprint density at radius 2 is 1.93 bits per heavy atom. The number of aromatic nitrogens is 3. The van der Waals surface area contributed by atoms with Crippen molar-refractivity contribution in [3.8, 4) is 0 Å². The van der Waals surface area contributed by atoms with Crippen molar-refractivity contribution in [3.05, 3.63) is 58.6 Å². The Balaban J connectivity index is 1.55. The van der Waals surface area contributed by atoms with Crippen LogP contribution in [0.5, 0.6) is 0 Å². The van der Waals surface area contributed by atoms with Gasteiger partial charge in [0.05, 0.1) is 11.6 Å². The van der Waals surface area contributed by atoms with E-state index in [9.17, 15) is 14.4 Å². The van der Waals surface area contributed by atoms with E-state index in [1.807, 2.05) is 6.07 Å². The van der Waals surface area contributed by atoms with Crippen molar-refractivity contribution in [2.45, 2.75) is 19.4 Å². The monoisotopic (exact) mass is 379 g/mol. The number of imidazole rings is 1. The van der Waals surface area contributed by atoms with E-state index in [1.165, 1.54) is 6.92 Å². The van der Waals surface area contributed by atoms with Crippen molar-refractivity contribution < 1.29 is 9.59 Å². The molecule has 2 amide bonds. The molecule has 1 saturated heterocycles. The van der Waals surface area contributed by atoms with E-state index in [4.69, 9.17) is 0 Å². The lowest BCUT2D eigenvalue weighted by atomic mass is 10.2. The van der Waals surface area contributed by atoms with Crippen LogP contribution < -0.4 is 11.0 Å². The van der Waals surface area contributed by atoms with Gasteiger partial charge in [0.1, 0.15) is 0 Å². The predicted octanol–water partition coefficient (Wildman–Crippen LogP) is 1.78. The summed E-state index contributed by atoms with van der Waals surface area (Å²) < 4.78 is 3.29. The van der Waals surface area contributed by atoms with Gasteiger partial charge in [-0.15, -0.1) is 0 Å². The minimum atomic E-state index is -0.157. The first-order valence-electron chi connectivity index (χ1n) is 9.14. The van der Waals surface area contributed by atoms with Gasteiger partial charge in [0.15, 0.2) is 5.65 Å². The van der Waals surface area contributed by atoms with E-state index in [1.54, 1.807) is 57.6 Å². The lowest BCUT2D eigenvalue weighted by molar-refractivity contribution is -0.114. The first-order valence-corrected chi connectivity index (χ1v) is 9.14. The number of carbonyl (C=O) groups excluding carboxylic acids is 2. The molecule has 1 fully saturated rings. The lowest BCUT2D eigenvalue weighted by Gasteiger charge is -2.17. The van der Waals surface area contributed by atoms with Gasteiger partial charge in [0.2, 0.25) is 5.91 Å². The number of pyridine rings is 1. The summed E-state index contributed by atoms with van der Waals surface area (Å²) in [6, 6.07) is 10.4. The van der Waals surface area contributed by atoms with Gasteiger partial charge in [-0.2, -0.15) is 0 Å². The highest BCUT2D eigenvalue weighted by atomic mass is 16.2. The maximum absolute atomic E-state index is 12.8. The lowest BCUT2D eigenvalue weighted by Crippen LogP contribution is -2.31. The summed E-state index contributed by atoms with van der Waals surface area (Å²) in [7, 11) is 1.73. The fraction of sp³-hybridized carbons (Fsp3) is 0.300. The molecule has 8 heteroatoms. The number of amides is 2. The fourth-order valence-electron chi connectivity index (χ4n) is 3.74. The van der Waals surface area contributed by atoms with Crippen molar-refractivity contribution in [3.63, 3.8) is 0 Å². The van der Waals surface area contributed by atoms with E-state index >= 15 is 0 Å². The number of likely N-dealkylation sites (tertiary alicyclic amines) is 1. The van der Waals surface area contributed by atoms with Crippen LogP contribution >= 0.6 is 0 Å². The van der Waals surface area contributed by atoms with Crippen LogP contribution in [0.1, 0.15) is 29.7 Å². The molecule has 8 nitrogen and oxygen atoms in total. The van der Waals surface area contributed by atoms with E-state index in [2.05, 4.69) is 10.3 Å². The molecule has 0 bridgehead atoms. The fourth-order valence-corrected chi connectivity index (χ4v) is 3.74. The van der Waals surface area contributed by atoms with Crippen LogP contribution in [0.2, 0.25) is 0 Å². The molecule has 1 N–H and O–H groups in total. The normalized spacial score (nSPS) is 16.5. The first-order chi connectivity index (χ1) is 13.5. The number of nitrogens with zero attached hydrogens (tertiary/aromatic N) is 4. The van der Waals surface area contributed by atoms with Gasteiger partial charge >= 0.3 is 5.69 Å². The highest BCUT2D eigenvalue weighted by Gasteiger charge is 2.31. The molecule has 1 aliphatic heterocycles. The standard InChI is InChI=1S/C20H21N5O3/c1-13(26)22-15-7-5-14(6-8-15)19(27)24-11-9-16(12-24)25-18-17(4-3-10-21-18)23(2)20(25)28/h3-8,10,16H,9,11-12H2,1-2H3,(H,22,26)/t16-/m1/s1. The van der Waals surface area contributed by atoms with Gasteiger partial charge in [-0.1, -0.05) is 0 Å². The molecule has 1 aliphatic rings. The highest BCUT2D eigenvalue weighted by Crippen LogP contribution is 2.25. The SMILES string of the molecule is CC(=O)Nc1ccc(C(=O)N2CC[C@@H](n3c(=O)n(C)c4cccnc43)C2)cc1. The molecule has 0 aliphatic carbocycles. The van der Waals surface area contributed by atoms with E-state index < -0.39 is 0 Å². The summed E-state index contributed by atoms with van der Waals surface area (Å²) in [5.74, 6) is -0.242. The highest BCUT2D eigenvalue weighted by molar-refractivity contribution is 5.95. The third-order valence-electron chi connectivity index (χ3n) is 5.12. The number of nitrogens with one attached hydrogen (secondary N) is 1. The van der Waals surface area contributed by atoms with Crippen molar-refractivity contribution in [2.24, 2.45) is 7.05 Å². The van der Waals surface area contributed by atoms with Gasteiger partial charge in [0, 0.05) is 44.5 Å². The minimum absolute atomic E-state index is 0.0851. The van der Waals surface area contributed by atoms with Gasteiger partial charge in [0.25, 0.3) is 5.91 Å². The summed E-state index contributed by atoms with van der Waals surface area (Å²) in [4.78, 5) is 42.8. The predicted molar refractivity (Wildman–Crippen MR) is 105 cm³/mol. The minimum Gasteiger partial charge on any atom is -0.336 e. The summed E-state index contributed by atoms with van der Waals surface area (Å²) in [6.45, 7) is 2.47. The van der Waals surface area contributed by atoms with Crippen LogP contribution in [-0.2, 0) is 11.8 Å². The number of benzene rings is 1. The summed E-state index contributed by atoms with van der Waals surface area (Å²) >= 11 is 0. The van der Waals surface area contributed by atoms with Crippen LogP contribution in [0, 0.1) is 0 Å². The molecule has 0 unspecified atom stereocenters. The first kappa shape index (κ1) is 18.0. The van der Waals surface area contributed by atoms with Gasteiger partial charge < -0.3 is 10.2 Å². The number of hydrogen-bond acceptors (Lipinski definition) is 4. The Morgan fingerprint density at radius 1 is 1.18 bits per heavy atom. The quantitative estimate of drug-likeness (QED) is 0.751. The number of rotatable bonds is 3. The molecule has 3 aromatic rings. The van der Waals surface area contributed by atoms with Gasteiger partial charge in [-0.3, -0.25) is 18.7 Å². The third-order valence-corrected chi connectivity index (χ3v) is 5.12. The van der Waals surface area contributed by atoms with E-state index in [0.29, 0.717) is 36.4 Å². The van der Waals surface area contributed by atoms with Crippen LogP contribution in [-0.4, -0.2) is 43.9 Å². The van der Waals surface area contributed by atoms with Crippen molar-refractivity contribution in [1.29, 1.82) is 0 Å². The Bertz CT molecular complexity index is 1110. The van der Waals surface area contributed by atoms with Gasteiger partial charge in [-0.25, -0.2) is 9.78 Å². The number of aryl methyl sites for hydroxylation is 1. The van der Waals surface area contributed by atoms with E-state index in [-0.39, 0.29) is 23.5 Å². The molecule has 0 spiro atoms. The zero-order chi connectivity index (χ0) is 19.8. The average molecular weight is 379 g/mol. The zero-order valence-corrected chi connectivity index (χ0v) is 15.8. The molecule has 4 rings (SSSR count). The topological polar surface area (TPSA) is 89.2 Å². The molecule has 3 heterocycles. The number of hydrogen-bond donors (Lipinski definition) is 1. The number of fused-ring (bicyclic) bond motifs is 1. The summed E-state index contributed by atoms with van der Waals surface area (Å²) in [5, 5.41) is 2.68. The zero-order valence-electron chi connectivity index (χ0n) is 15.8. The summed E-state index contributed by atoms with van der Waals surface area (Å²) in [6.07, 6.45) is 2.37. The van der Waals surface area contributed by atoms with Crippen LogP contribution in [0.3, 0.4) is 0 Å². The third kappa shape index (κ3) is 3.06. The Hall–Kier alpha value is -3.42. The molecular weight excluding hydrogens is 358 g/mol. The molecule has 28 heavy (non-hydrogen) atoms. The average Bonchev–Trinajstić information content (AvgIpc) is 3.25.